The minimum absolute atomic E-state index is 0.0687. The number of hydrogen-bond acceptors (Lipinski definition) is 3. The van der Waals surface area contributed by atoms with Crippen LogP contribution in [-0.4, -0.2) is 62.3 Å². The van der Waals surface area contributed by atoms with Crippen LogP contribution in [0.3, 0.4) is 0 Å². The van der Waals surface area contributed by atoms with Gasteiger partial charge in [-0.3, -0.25) is 9.89 Å². The molecule has 2 N–H and O–H groups in total. The molecule has 0 atom stereocenters. The maximum absolute atomic E-state index is 13.7. The van der Waals surface area contributed by atoms with Gasteiger partial charge in [0.05, 0.1) is 19.8 Å². The first-order chi connectivity index (χ1) is 12.4. The number of benzene rings is 1. The fourth-order valence-electron chi connectivity index (χ4n) is 2.93. The lowest BCUT2D eigenvalue weighted by atomic mass is 10.0. The Balaban J connectivity index is 1.90. The van der Waals surface area contributed by atoms with E-state index in [4.69, 9.17) is 4.74 Å². The zero-order valence-corrected chi connectivity index (χ0v) is 15.9. The number of aliphatic imine (C=N–C) groups is 1. The van der Waals surface area contributed by atoms with Gasteiger partial charge in [-0.1, -0.05) is 0 Å². The van der Waals surface area contributed by atoms with Crippen molar-refractivity contribution in [1.29, 1.82) is 0 Å². The SMILES string of the molecule is CCNC(=NCC(C)(C)N1CCOCC1)NCCc1cc(F)ccc1F. The molecule has 1 saturated heterocycles. The summed E-state index contributed by atoms with van der Waals surface area (Å²) in [6.45, 7) is 11.5. The largest absolute Gasteiger partial charge is 0.379 e. The smallest absolute Gasteiger partial charge is 0.191 e. The minimum atomic E-state index is -0.422. The maximum atomic E-state index is 13.7. The van der Waals surface area contributed by atoms with Gasteiger partial charge in [-0.05, 0) is 51.0 Å². The summed E-state index contributed by atoms with van der Waals surface area (Å²) in [6, 6.07) is 3.53. The maximum Gasteiger partial charge on any atom is 0.191 e. The molecule has 0 bridgehead atoms. The van der Waals surface area contributed by atoms with E-state index in [9.17, 15) is 8.78 Å². The Labute approximate surface area is 154 Å². The Hall–Kier alpha value is -1.73. The Kier molecular flexibility index (Phi) is 7.78. The van der Waals surface area contributed by atoms with Crippen molar-refractivity contribution < 1.29 is 13.5 Å². The molecule has 1 heterocycles. The van der Waals surface area contributed by atoms with E-state index in [0.717, 1.165) is 45.0 Å². The van der Waals surface area contributed by atoms with E-state index in [0.29, 0.717) is 31.0 Å². The predicted octanol–water partition coefficient (Wildman–Crippen LogP) is 2.17. The molecule has 26 heavy (non-hydrogen) atoms. The molecule has 7 heteroatoms. The predicted molar refractivity (Wildman–Crippen MR) is 101 cm³/mol. The van der Waals surface area contributed by atoms with E-state index in [1.165, 1.54) is 6.07 Å². The number of rotatable bonds is 7. The van der Waals surface area contributed by atoms with Gasteiger partial charge in [0.25, 0.3) is 0 Å². The van der Waals surface area contributed by atoms with Gasteiger partial charge in [0.2, 0.25) is 0 Å². The van der Waals surface area contributed by atoms with Crippen molar-refractivity contribution >= 4 is 5.96 Å². The summed E-state index contributed by atoms with van der Waals surface area (Å²) < 4.78 is 32.4. The molecule has 1 aliphatic heterocycles. The molecular weight excluding hydrogens is 338 g/mol. The normalized spacial score (nSPS) is 16.6. The first kappa shape index (κ1) is 20.6. The number of nitrogens with zero attached hydrogens (tertiary/aromatic N) is 2. The lowest BCUT2D eigenvalue weighted by molar-refractivity contribution is -0.00683. The summed E-state index contributed by atoms with van der Waals surface area (Å²) in [5, 5.41) is 6.40. The number of ether oxygens (including phenoxy) is 1. The summed E-state index contributed by atoms with van der Waals surface area (Å²) in [5.41, 5.74) is 0.294. The molecular formula is C19H30F2N4O. The van der Waals surface area contributed by atoms with Crippen LogP contribution in [0.5, 0.6) is 0 Å². The van der Waals surface area contributed by atoms with Gasteiger partial charge in [0, 0.05) is 31.7 Å². The number of hydrogen-bond donors (Lipinski definition) is 2. The summed E-state index contributed by atoms with van der Waals surface area (Å²) >= 11 is 0. The van der Waals surface area contributed by atoms with Crippen LogP contribution in [-0.2, 0) is 11.2 Å². The van der Waals surface area contributed by atoms with Crippen LogP contribution < -0.4 is 10.6 Å². The summed E-state index contributed by atoms with van der Waals surface area (Å²) in [4.78, 5) is 7.06. The van der Waals surface area contributed by atoms with E-state index in [1.807, 2.05) is 6.92 Å². The topological polar surface area (TPSA) is 48.9 Å². The summed E-state index contributed by atoms with van der Waals surface area (Å²) in [7, 11) is 0. The lowest BCUT2D eigenvalue weighted by Gasteiger charge is -2.39. The van der Waals surface area contributed by atoms with Crippen LogP contribution >= 0.6 is 0 Å². The van der Waals surface area contributed by atoms with Crippen molar-refractivity contribution in [2.75, 3.05) is 45.9 Å². The van der Waals surface area contributed by atoms with Gasteiger partial charge in [0.15, 0.2) is 5.96 Å². The Morgan fingerprint density at radius 1 is 1.23 bits per heavy atom. The monoisotopic (exact) mass is 368 g/mol. The van der Waals surface area contributed by atoms with Crippen LogP contribution in [0.4, 0.5) is 8.78 Å². The van der Waals surface area contributed by atoms with Crippen LogP contribution in [0.25, 0.3) is 0 Å². The molecule has 0 aromatic heterocycles. The highest BCUT2D eigenvalue weighted by Gasteiger charge is 2.28. The number of nitrogens with one attached hydrogen (secondary N) is 2. The number of guanidine groups is 1. The van der Waals surface area contributed by atoms with Crippen LogP contribution in [0.1, 0.15) is 26.3 Å². The molecule has 0 radical (unpaired) electrons. The fourth-order valence-corrected chi connectivity index (χ4v) is 2.93. The molecule has 1 aromatic carbocycles. The van der Waals surface area contributed by atoms with Gasteiger partial charge in [-0.25, -0.2) is 8.78 Å². The van der Waals surface area contributed by atoms with Crippen molar-refractivity contribution in [2.45, 2.75) is 32.7 Å². The van der Waals surface area contributed by atoms with Crippen molar-refractivity contribution in [3.05, 3.63) is 35.4 Å². The van der Waals surface area contributed by atoms with Crippen molar-refractivity contribution in [2.24, 2.45) is 4.99 Å². The third kappa shape index (κ3) is 6.21. The van der Waals surface area contributed by atoms with E-state index < -0.39 is 5.82 Å². The molecule has 5 nitrogen and oxygen atoms in total. The highest BCUT2D eigenvalue weighted by atomic mass is 19.1. The molecule has 146 valence electrons. The molecule has 0 spiro atoms. The lowest BCUT2D eigenvalue weighted by Crippen LogP contribution is -2.52. The highest BCUT2D eigenvalue weighted by molar-refractivity contribution is 5.79. The first-order valence-electron chi connectivity index (χ1n) is 9.21. The fraction of sp³-hybridized carbons (Fsp3) is 0.632. The van der Waals surface area contributed by atoms with E-state index >= 15 is 0 Å². The first-order valence-corrected chi connectivity index (χ1v) is 9.21. The Morgan fingerprint density at radius 3 is 2.65 bits per heavy atom. The number of halogens is 2. The molecule has 2 rings (SSSR count). The van der Waals surface area contributed by atoms with Gasteiger partial charge in [-0.15, -0.1) is 0 Å². The second kappa shape index (κ2) is 9.83. The molecule has 1 aliphatic rings. The van der Waals surface area contributed by atoms with E-state index in [2.05, 4.69) is 34.4 Å². The van der Waals surface area contributed by atoms with Crippen molar-refractivity contribution in [3.8, 4) is 0 Å². The third-order valence-corrected chi connectivity index (χ3v) is 4.53. The number of morpholine rings is 1. The van der Waals surface area contributed by atoms with Crippen molar-refractivity contribution in [3.63, 3.8) is 0 Å². The van der Waals surface area contributed by atoms with Gasteiger partial charge < -0.3 is 15.4 Å². The highest BCUT2D eigenvalue weighted by Crippen LogP contribution is 2.16. The molecule has 0 aliphatic carbocycles. The van der Waals surface area contributed by atoms with Crippen molar-refractivity contribution in [1.82, 2.24) is 15.5 Å². The average Bonchev–Trinajstić information content (AvgIpc) is 2.63. The summed E-state index contributed by atoms with van der Waals surface area (Å²) in [5.74, 6) is -0.122. The van der Waals surface area contributed by atoms with Crippen LogP contribution in [0.2, 0.25) is 0 Å². The van der Waals surface area contributed by atoms with Crippen LogP contribution in [0.15, 0.2) is 23.2 Å². The minimum Gasteiger partial charge on any atom is -0.379 e. The van der Waals surface area contributed by atoms with Gasteiger partial charge >= 0.3 is 0 Å². The molecule has 0 saturated carbocycles. The summed E-state index contributed by atoms with van der Waals surface area (Å²) in [6.07, 6.45) is 0.390. The standard InChI is InChI=1S/C19H30F2N4O/c1-4-22-18(23-8-7-15-13-16(20)5-6-17(15)21)24-14-19(2,3)25-9-11-26-12-10-25/h5-6,13H,4,7-12,14H2,1-3H3,(H2,22,23,24). The third-order valence-electron chi connectivity index (χ3n) is 4.53. The second-order valence-electron chi connectivity index (χ2n) is 7.02. The Morgan fingerprint density at radius 2 is 1.96 bits per heavy atom. The molecule has 1 aromatic rings. The molecule has 0 unspecified atom stereocenters. The van der Waals surface area contributed by atoms with Gasteiger partial charge in [-0.2, -0.15) is 0 Å². The zero-order valence-electron chi connectivity index (χ0n) is 15.9. The average molecular weight is 368 g/mol. The molecule has 0 amide bonds. The molecule has 1 fully saturated rings. The zero-order chi connectivity index (χ0) is 19.0. The quantitative estimate of drug-likeness (QED) is 0.572. The van der Waals surface area contributed by atoms with Gasteiger partial charge in [0.1, 0.15) is 11.6 Å². The Bertz CT molecular complexity index is 601. The van der Waals surface area contributed by atoms with Crippen LogP contribution in [0, 0.1) is 11.6 Å². The second-order valence-corrected chi connectivity index (χ2v) is 7.02. The van der Waals surface area contributed by atoms with E-state index in [1.54, 1.807) is 0 Å². The van der Waals surface area contributed by atoms with E-state index in [-0.39, 0.29) is 11.4 Å².